The molecule has 8 heteroatoms. The van der Waals surface area contributed by atoms with E-state index in [2.05, 4.69) is 31.2 Å². The molecular weight excluding hydrogens is 404 g/mol. The van der Waals surface area contributed by atoms with E-state index in [4.69, 9.17) is 0 Å². The topological polar surface area (TPSA) is 78.1 Å². The molecule has 1 amide bonds. The van der Waals surface area contributed by atoms with Crippen molar-refractivity contribution < 1.29 is 4.79 Å². The minimum absolute atomic E-state index is 0.121. The minimum Gasteiger partial charge on any atom is -0.325 e. The van der Waals surface area contributed by atoms with Crippen LogP contribution in [0.4, 0.5) is 5.69 Å². The Kier molecular flexibility index (Phi) is 5.31. The minimum atomic E-state index is -0.382. The first-order chi connectivity index (χ1) is 11.9. The normalized spacial score (nSPS) is 12.5. The molecule has 0 bridgehead atoms. The molecule has 0 saturated heterocycles. The summed E-state index contributed by atoms with van der Waals surface area (Å²) in [5.74, 6) is 0.422. The van der Waals surface area contributed by atoms with Crippen LogP contribution < -0.4 is 10.9 Å². The van der Waals surface area contributed by atoms with Crippen LogP contribution in [-0.4, -0.2) is 33.9 Å². The third-order valence-electron chi connectivity index (χ3n) is 3.92. The van der Waals surface area contributed by atoms with Crippen LogP contribution in [0, 0.1) is 0 Å². The van der Waals surface area contributed by atoms with E-state index in [0.29, 0.717) is 22.6 Å². The highest BCUT2D eigenvalue weighted by molar-refractivity contribution is 9.10. The van der Waals surface area contributed by atoms with Gasteiger partial charge in [0.05, 0.1) is 18.1 Å². The predicted molar refractivity (Wildman–Crippen MR) is 104 cm³/mol. The van der Waals surface area contributed by atoms with Crippen molar-refractivity contribution in [2.45, 2.75) is 19.5 Å². The first-order valence-electron chi connectivity index (χ1n) is 7.67. The number of benzene rings is 1. The van der Waals surface area contributed by atoms with Gasteiger partial charge in [0.25, 0.3) is 5.56 Å². The molecule has 1 unspecified atom stereocenters. The van der Waals surface area contributed by atoms with Crippen LogP contribution >= 0.6 is 27.3 Å². The Morgan fingerprint density at radius 1 is 1.36 bits per heavy atom. The second-order valence-corrected chi connectivity index (χ2v) is 7.57. The highest BCUT2D eigenvalue weighted by Gasteiger charge is 2.19. The Morgan fingerprint density at radius 2 is 2.08 bits per heavy atom. The van der Waals surface area contributed by atoms with E-state index in [9.17, 15) is 9.59 Å². The van der Waals surface area contributed by atoms with E-state index in [-0.39, 0.29) is 17.5 Å². The summed E-state index contributed by atoms with van der Waals surface area (Å²) in [5.41, 5.74) is 1.28. The van der Waals surface area contributed by atoms with Crippen molar-refractivity contribution in [3.05, 3.63) is 56.4 Å². The number of rotatable bonds is 5. The number of fused-ring (bicyclic) bond motifs is 1. The summed E-state index contributed by atoms with van der Waals surface area (Å²) < 4.78 is 1.57. The van der Waals surface area contributed by atoms with Crippen LogP contribution in [0.5, 0.6) is 0 Å². The van der Waals surface area contributed by atoms with E-state index in [0.717, 1.165) is 10.2 Å². The molecule has 2 heterocycles. The number of likely N-dealkylation sites (N-methyl/N-ethyl adjacent to an activating group) is 1. The van der Waals surface area contributed by atoms with Gasteiger partial charge in [0.1, 0.15) is 10.5 Å². The standard InChI is InChI=1S/C17H17BrN4O2S/c1-10(16(23)19-12-5-3-11(18)4-6-12)22(2)9-14-20-13-7-8-25-15(13)17(24)21-14/h3-8,10H,9H2,1-2H3,(H,19,23)(H,20,21,24). The molecule has 0 aliphatic carbocycles. The molecule has 0 fully saturated rings. The second kappa shape index (κ2) is 7.47. The molecule has 0 saturated carbocycles. The van der Waals surface area contributed by atoms with E-state index >= 15 is 0 Å². The monoisotopic (exact) mass is 420 g/mol. The van der Waals surface area contributed by atoms with Crippen LogP contribution in [0.15, 0.2) is 45.0 Å². The van der Waals surface area contributed by atoms with Crippen molar-refractivity contribution in [3.63, 3.8) is 0 Å². The third kappa shape index (κ3) is 4.15. The Hall–Kier alpha value is -2.03. The lowest BCUT2D eigenvalue weighted by Gasteiger charge is -2.23. The Bertz CT molecular complexity index is 951. The molecule has 6 nitrogen and oxygen atoms in total. The van der Waals surface area contributed by atoms with Crippen molar-refractivity contribution in [2.75, 3.05) is 12.4 Å². The molecule has 2 aromatic heterocycles. The lowest BCUT2D eigenvalue weighted by Crippen LogP contribution is -2.39. The summed E-state index contributed by atoms with van der Waals surface area (Å²) >= 11 is 4.73. The van der Waals surface area contributed by atoms with Gasteiger partial charge in [-0.3, -0.25) is 14.5 Å². The maximum absolute atomic E-state index is 12.4. The van der Waals surface area contributed by atoms with Gasteiger partial charge in [-0.15, -0.1) is 11.3 Å². The number of aromatic amines is 1. The molecule has 25 heavy (non-hydrogen) atoms. The van der Waals surface area contributed by atoms with E-state index in [1.54, 1.807) is 0 Å². The van der Waals surface area contributed by atoms with Crippen molar-refractivity contribution >= 4 is 49.1 Å². The summed E-state index contributed by atoms with van der Waals surface area (Å²) in [5, 5.41) is 4.72. The van der Waals surface area contributed by atoms with Crippen LogP contribution in [-0.2, 0) is 11.3 Å². The van der Waals surface area contributed by atoms with E-state index in [1.807, 2.05) is 54.6 Å². The number of hydrogen-bond acceptors (Lipinski definition) is 5. The zero-order chi connectivity index (χ0) is 18.0. The quantitative estimate of drug-likeness (QED) is 0.663. The van der Waals surface area contributed by atoms with Gasteiger partial charge in [-0.25, -0.2) is 4.98 Å². The lowest BCUT2D eigenvalue weighted by molar-refractivity contribution is -0.120. The molecule has 0 radical (unpaired) electrons. The number of halogens is 1. The van der Waals surface area contributed by atoms with Crippen LogP contribution in [0.3, 0.4) is 0 Å². The Morgan fingerprint density at radius 3 is 2.80 bits per heavy atom. The molecule has 3 rings (SSSR count). The Labute approximate surface area is 157 Å². The van der Waals surface area contributed by atoms with Gasteiger partial charge in [0, 0.05) is 10.2 Å². The van der Waals surface area contributed by atoms with Gasteiger partial charge < -0.3 is 10.3 Å². The van der Waals surface area contributed by atoms with Gasteiger partial charge in [0.15, 0.2) is 0 Å². The van der Waals surface area contributed by atoms with Crippen LogP contribution in [0.1, 0.15) is 12.7 Å². The maximum Gasteiger partial charge on any atom is 0.268 e. The Balaban J connectivity index is 1.68. The molecule has 0 aliphatic rings. The molecular formula is C17H17BrN4O2S. The zero-order valence-corrected chi connectivity index (χ0v) is 16.1. The largest absolute Gasteiger partial charge is 0.325 e. The SMILES string of the molecule is CC(C(=O)Nc1ccc(Br)cc1)N(C)Cc1nc2ccsc2c(=O)[nH]1. The fourth-order valence-corrected chi connectivity index (χ4v) is 3.34. The van der Waals surface area contributed by atoms with Crippen LogP contribution in [0.25, 0.3) is 10.2 Å². The number of nitrogens with zero attached hydrogens (tertiary/aromatic N) is 2. The van der Waals surface area contributed by atoms with Gasteiger partial charge in [-0.2, -0.15) is 0 Å². The smallest absolute Gasteiger partial charge is 0.268 e. The molecule has 1 aromatic carbocycles. The number of carbonyl (C=O) groups excluding carboxylic acids is 1. The number of carbonyl (C=O) groups is 1. The highest BCUT2D eigenvalue weighted by atomic mass is 79.9. The molecule has 0 spiro atoms. The molecule has 0 aliphatic heterocycles. The number of aromatic nitrogens is 2. The highest BCUT2D eigenvalue weighted by Crippen LogP contribution is 2.16. The lowest BCUT2D eigenvalue weighted by atomic mass is 10.2. The number of H-pyrrole nitrogens is 1. The number of anilines is 1. The van der Waals surface area contributed by atoms with Gasteiger partial charge in [-0.05, 0) is 49.7 Å². The predicted octanol–water partition coefficient (Wildman–Crippen LogP) is 3.21. The molecule has 130 valence electrons. The number of amides is 1. The average Bonchev–Trinajstić information content (AvgIpc) is 3.05. The molecule has 3 aromatic rings. The summed E-state index contributed by atoms with van der Waals surface area (Å²) in [4.78, 5) is 33.5. The zero-order valence-electron chi connectivity index (χ0n) is 13.7. The van der Waals surface area contributed by atoms with Gasteiger partial charge in [0.2, 0.25) is 5.91 Å². The number of thiophene rings is 1. The van der Waals surface area contributed by atoms with Crippen LogP contribution in [0.2, 0.25) is 0 Å². The first kappa shape index (κ1) is 17.8. The fraction of sp³-hybridized carbons (Fsp3) is 0.235. The molecule has 1 atom stereocenters. The second-order valence-electron chi connectivity index (χ2n) is 5.73. The van der Waals surface area contributed by atoms with Crippen molar-refractivity contribution in [3.8, 4) is 0 Å². The van der Waals surface area contributed by atoms with Gasteiger partial charge >= 0.3 is 0 Å². The summed E-state index contributed by atoms with van der Waals surface area (Å²) in [6, 6.07) is 8.84. The van der Waals surface area contributed by atoms with Crippen molar-refractivity contribution in [1.29, 1.82) is 0 Å². The average molecular weight is 421 g/mol. The van der Waals surface area contributed by atoms with Gasteiger partial charge in [-0.1, -0.05) is 15.9 Å². The van der Waals surface area contributed by atoms with Crippen molar-refractivity contribution in [1.82, 2.24) is 14.9 Å². The summed E-state index contributed by atoms with van der Waals surface area (Å²) in [6.45, 7) is 2.19. The van der Waals surface area contributed by atoms with E-state index < -0.39 is 0 Å². The fourth-order valence-electron chi connectivity index (χ4n) is 2.35. The maximum atomic E-state index is 12.4. The van der Waals surface area contributed by atoms with E-state index in [1.165, 1.54) is 11.3 Å². The number of nitrogens with one attached hydrogen (secondary N) is 2. The summed E-state index contributed by atoms with van der Waals surface area (Å²) in [6.07, 6.45) is 0. The number of hydrogen-bond donors (Lipinski definition) is 2. The first-order valence-corrected chi connectivity index (χ1v) is 9.34. The molecule has 2 N–H and O–H groups in total. The third-order valence-corrected chi connectivity index (χ3v) is 5.35. The summed E-state index contributed by atoms with van der Waals surface area (Å²) in [7, 11) is 1.82. The van der Waals surface area contributed by atoms with Crippen molar-refractivity contribution in [2.24, 2.45) is 0 Å².